The summed E-state index contributed by atoms with van der Waals surface area (Å²) in [5.41, 5.74) is 0. The zero-order valence-corrected chi connectivity index (χ0v) is 12.2. The summed E-state index contributed by atoms with van der Waals surface area (Å²) >= 11 is 5.87. The third-order valence-electron chi connectivity index (χ3n) is 3.47. The van der Waals surface area contributed by atoms with Gasteiger partial charge in [0.05, 0.1) is 11.6 Å². The Balaban J connectivity index is 1.81. The summed E-state index contributed by atoms with van der Waals surface area (Å²) in [7, 11) is 1.73. The first-order valence-electron chi connectivity index (χ1n) is 6.85. The Morgan fingerprint density at radius 3 is 3.16 bits per heavy atom. The molecule has 0 amide bonds. The van der Waals surface area contributed by atoms with E-state index < -0.39 is 0 Å². The van der Waals surface area contributed by atoms with Gasteiger partial charge in [-0.2, -0.15) is 0 Å². The van der Waals surface area contributed by atoms with Gasteiger partial charge in [0, 0.05) is 32.9 Å². The summed E-state index contributed by atoms with van der Waals surface area (Å²) in [5, 5.41) is 4.14. The lowest BCUT2D eigenvalue weighted by Crippen LogP contribution is -2.40. The predicted molar refractivity (Wildman–Crippen MR) is 78.9 cm³/mol. The van der Waals surface area contributed by atoms with E-state index in [1.54, 1.807) is 13.3 Å². The van der Waals surface area contributed by atoms with Crippen LogP contribution in [0.25, 0.3) is 0 Å². The fourth-order valence-corrected chi connectivity index (χ4v) is 2.59. The molecule has 1 atom stereocenters. The van der Waals surface area contributed by atoms with Crippen molar-refractivity contribution in [3.05, 3.63) is 23.4 Å². The molecule has 4 nitrogen and oxygen atoms in total. The van der Waals surface area contributed by atoms with Crippen LogP contribution in [0.3, 0.4) is 0 Å². The van der Waals surface area contributed by atoms with Crippen LogP contribution in [-0.2, 0) is 4.74 Å². The normalized spacial score (nSPS) is 19.7. The molecule has 0 bridgehead atoms. The molecule has 0 spiro atoms. The van der Waals surface area contributed by atoms with Gasteiger partial charge in [-0.15, -0.1) is 0 Å². The lowest BCUT2D eigenvalue weighted by Gasteiger charge is -2.33. The summed E-state index contributed by atoms with van der Waals surface area (Å²) < 4.78 is 5.04. The molecular formula is C14H22ClN3O. The number of anilines is 1. The minimum Gasteiger partial charge on any atom is -0.383 e. The van der Waals surface area contributed by atoms with Gasteiger partial charge in [-0.25, -0.2) is 4.98 Å². The zero-order chi connectivity index (χ0) is 13.5. The third-order valence-corrected chi connectivity index (χ3v) is 3.69. The van der Waals surface area contributed by atoms with Gasteiger partial charge >= 0.3 is 0 Å². The van der Waals surface area contributed by atoms with E-state index in [-0.39, 0.29) is 0 Å². The maximum atomic E-state index is 5.87. The average molecular weight is 284 g/mol. The fourth-order valence-electron chi connectivity index (χ4n) is 2.48. The molecule has 1 N–H and O–H groups in total. The fraction of sp³-hybridized carbons (Fsp3) is 0.643. The topological polar surface area (TPSA) is 37.4 Å². The molecule has 1 aliphatic heterocycles. The number of nitrogens with one attached hydrogen (secondary N) is 1. The average Bonchev–Trinajstić information content (AvgIpc) is 2.45. The minimum absolute atomic E-state index is 0.683. The monoisotopic (exact) mass is 283 g/mol. The number of aromatic nitrogens is 1. The second-order valence-electron chi connectivity index (χ2n) is 4.99. The van der Waals surface area contributed by atoms with Crippen molar-refractivity contribution in [3.63, 3.8) is 0 Å². The predicted octanol–water partition coefficient (Wildman–Crippen LogP) is 2.19. The maximum Gasteiger partial charge on any atom is 0.128 e. The van der Waals surface area contributed by atoms with Crippen LogP contribution in [0.2, 0.25) is 5.02 Å². The van der Waals surface area contributed by atoms with Crippen LogP contribution in [0.4, 0.5) is 5.82 Å². The van der Waals surface area contributed by atoms with Crippen molar-refractivity contribution >= 4 is 17.4 Å². The number of halogens is 1. The zero-order valence-electron chi connectivity index (χ0n) is 11.4. The van der Waals surface area contributed by atoms with E-state index in [9.17, 15) is 0 Å². The van der Waals surface area contributed by atoms with Gasteiger partial charge in [-0.3, -0.25) is 0 Å². The van der Waals surface area contributed by atoms with Gasteiger partial charge < -0.3 is 15.0 Å². The van der Waals surface area contributed by atoms with E-state index >= 15 is 0 Å². The molecule has 1 aromatic rings. The highest BCUT2D eigenvalue weighted by atomic mass is 35.5. The summed E-state index contributed by atoms with van der Waals surface area (Å²) in [5.74, 6) is 1.72. The Morgan fingerprint density at radius 2 is 2.42 bits per heavy atom. The highest BCUT2D eigenvalue weighted by Crippen LogP contribution is 2.22. The second-order valence-corrected chi connectivity index (χ2v) is 5.42. The summed E-state index contributed by atoms with van der Waals surface area (Å²) in [6, 6.07) is 3.91. The number of pyridine rings is 1. The lowest BCUT2D eigenvalue weighted by molar-refractivity contribution is 0.197. The molecule has 0 aromatic carbocycles. The van der Waals surface area contributed by atoms with Crippen LogP contribution in [0, 0.1) is 5.92 Å². The highest BCUT2D eigenvalue weighted by molar-refractivity contribution is 6.30. The largest absolute Gasteiger partial charge is 0.383 e. The number of piperidine rings is 1. The molecule has 5 heteroatoms. The summed E-state index contributed by atoms with van der Waals surface area (Å²) in [4.78, 5) is 6.75. The first kappa shape index (κ1) is 14.6. The SMILES string of the molecule is COCCNCC1CCCN(c2ccc(Cl)cn2)C1. The van der Waals surface area contributed by atoms with Gasteiger partial charge in [-0.05, 0) is 37.4 Å². The number of hydrogen-bond donors (Lipinski definition) is 1. The molecule has 1 aromatic heterocycles. The number of ether oxygens (including phenoxy) is 1. The lowest BCUT2D eigenvalue weighted by atomic mass is 9.98. The van der Waals surface area contributed by atoms with Gasteiger partial charge in [0.1, 0.15) is 5.82 Å². The van der Waals surface area contributed by atoms with Crippen molar-refractivity contribution < 1.29 is 4.74 Å². The van der Waals surface area contributed by atoms with E-state index in [0.717, 1.165) is 38.6 Å². The van der Waals surface area contributed by atoms with Crippen molar-refractivity contribution in [1.29, 1.82) is 0 Å². The third kappa shape index (κ3) is 4.64. The molecule has 1 unspecified atom stereocenters. The summed E-state index contributed by atoms with van der Waals surface area (Å²) in [6.45, 7) is 4.90. The van der Waals surface area contributed by atoms with Gasteiger partial charge in [0.25, 0.3) is 0 Å². The molecule has 0 saturated carbocycles. The Hall–Kier alpha value is -0.840. The first-order chi connectivity index (χ1) is 9.29. The van der Waals surface area contributed by atoms with Gasteiger partial charge in [-0.1, -0.05) is 11.6 Å². The van der Waals surface area contributed by atoms with E-state index in [1.165, 1.54) is 12.8 Å². The molecular weight excluding hydrogens is 262 g/mol. The van der Waals surface area contributed by atoms with E-state index in [1.807, 2.05) is 12.1 Å². The van der Waals surface area contributed by atoms with Crippen molar-refractivity contribution in [2.75, 3.05) is 44.8 Å². The Morgan fingerprint density at radius 1 is 1.53 bits per heavy atom. The first-order valence-corrected chi connectivity index (χ1v) is 7.23. The van der Waals surface area contributed by atoms with Crippen LogP contribution >= 0.6 is 11.6 Å². The van der Waals surface area contributed by atoms with Crippen LogP contribution in [-0.4, -0.2) is 44.9 Å². The van der Waals surface area contributed by atoms with E-state index in [0.29, 0.717) is 10.9 Å². The Bertz CT molecular complexity index is 371. The van der Waals surface area contributed by atoms with Crippen LogP contribution < -0.4 is 10.2 Å². The van der Waals surface area contributed by atoms with Crippen LogP contribution in [0.1, 0.15) is 12.8 Å². The maximum absolute atomic E-state index is 5.87. The number of methoxy groups -OCH3 is 1. The molecule has 1 aliphatic rings. The molecule has 106 valence electrons. The van der Waals surface area contributed by atoms with Crippen molar-refractivity contribution in [3.8, 4) is 0 Å². The van der Waals surface area contributed by atoms with Crippen molar-refractivity contribution in [2.24, 2.45) is 5.92 Å². The molecule has 0 aliphatic carbocycles. The minimum atomic E-state index is 0.683. The number of rotatable bonds is 6. The van der Waals surface area contributed by atoms with Crippen molar-refractivity contribution in [1.82, 2.24) is 10.3 Å². The summed E-state index contributed by atoms with van der Waals surface area (Å²) in [6.07, 6.45) is 4.22. The standard InChI is InChI=1S/C14H22ClN3O/c1-19-8-6-16-9-12-3-2-7-18(11-12)14-5-4-13(15)10-17-14/h4-5,10,12,16H,2-3,6-9,11H2,1H3. The number of hydrogen-bond acceptors (Lipinski definition) is 4. The molecule has 1 fully saturated rings. The Kier molecular flexibility index (Phi) is 5.89. The van der Waals surface area contributed by atoms with Crippen molar-refractivity contribution in [2.45, 2.75) is 12.8 Å². The molecule has 19 heavy (non-hydrogen) atoms. The quantitative estimate of drug-likeness (QED) is 0.812. The van der Waals surface area contributed by atoms with E-state index in [4.69, 9.17) is 16.3 Å². The van der Waals surface area contributed by atoms with Crippen LogP contribution in [0.15, 0.2) is 18.3 Å². The second kappa shape index (κ2) is 7.68. The Labute approximate surface area is 120 Å². The number of nitrogens with zero attached hydrogens (tertiary/aromatic N) is 2. The smallest absolute Gasteiger partial charge is 0.128 e. The van der Waals surface area contributed by atoms with Gasteiger partial charge in [0.15, 0.2) is 0 Å². The molecule has 1 saturated heterocycles. The molecule has 0 radical (unpaired) electrons. The van der Waals surface area contributed by atoms with Gasteiger partial charge in [0.2, 0.25) is 0 Å². The molecule has 2 rings (SSSR count). The van der Waals surface area contributed by atoms with Crippen LogP contribution in [0.5, 0.6) is 0 Å². The van der Waals surface area contributed by atoms with E-state index in [2.05, 4.69) is 15.2 Å². The highest BCUT2D eigenvalue weighted by Gasteiger charge is 2.20. The molecule has 2 heterocycles.